The third kappa shape index (κ3) is 26.2. The minimum atomic E-state index is -1.60. The second-order valence-corrected chi connectivity index (χ2v) is 21.3. The number of carbonyl (C=O) groups is 9. The van der Waals surface area contributed by atoms with Gasteiger partial charge in [-0.05, 0) is 121 Å². The molecule has 0 radical (unpaired) electrons. The number of carboxylic acids is 1. The van der Waals surface area contributed by atoms with Crippen LogP contribution in [0.1, 0.15) is 127 Å². The molecule has 1 unspecified atom stereocenters. The zero-order valence-corrected chi connectivity index (χ0v) is 49.6. The maximum Gasteiger partial charge on any atom is 0.328 e. The van der Waals surface area contributed by atoms with Crippen molar-refractivity contribution in [2.24, 2.45) is 22.9 Å². The van der Waals surface area contributed by atoms with Crippen LogP contribution in [0.3, 0.4) is 0 Å². The number of nitrogens with zero attached hydrogens (tertiary/aromatic N) is 3. The zero-order chi connectivity index (χ0) is 62.8. The van der Waals surface area contributed by atoms with E-state index in [1.807, 2.05) is 6.92 Å². The van der Waals surface area contributed by atoms with Gasteiger partial charge in [0.05, 0.1) is 19.2 Å². The van der Waals surface area contributed by atoms with Gasteiger partial charge in [0.15, 0.2) is 11.5 Å². The van der Waals surface area contributed by atoms with Crippen molar-refractivity contribution in [1.82, 2.24) is 51.4 Å². The zero-order valence-electron chi connectivity index (χ0n) is 48.8. The molecular formula is C54H88N16O14S. The summed E-state index contributed by atoms with van der Waals surface area (Å²) in [6, 6.07) is -1.56. The number of esters is 2. The van der Waals surface area contributed by atoms with E-state index in [1.54, 1.807) is 24.3 Å². The first-order valence-corrected chi connectivity index (χ1v) is 29.8. The fourth-order valence-electron chi connectivity index (χ4n) is 8.44. The lowest BCUT2D eigenvalue weighted by Crippen LogP contribution is -2.59. The third-order valence-corrected chi connectivity index (χ3v) is 14.3. The van der Waals surface area contributed by atoms with E-state index in [0.717, 1.165) is 24.6 Å². The van der Waals surface area contributed by atoms with E-state index >= 15 is 0 Å². The highest BCUT2D eigenvalue weighted by Crippen LogP contribution is 2.19. The Hall–Kier alpha value is -7.45. The normalized spacial score (nSPS) is 13.6. The van der Waals surface area contributed by atoms with Gasteiger partial charge in [0, 0.05) is 44.0 Å². The van der Waals surface area contributed by atoms with Crippen molar-refractivity contribution in [3.05, 3.63) is 45.9 Å². The molecule has 0 aliphatic carbocycles. The average molecular weight is 1220 g/mol. The predicted molar refractivity (Wildman–Crippen MR) is 318 cm³/mol. The van der Waals surface area contributed by atoms with Gasteiger partial charge in [-0.2, -0.15) is 21.7 Å². The molecule has 20 N–H and O–H groups in total. The van der Waals surface area contributed by atoms with Gasteiger partial charge in [-0.3, -0.25) is 42.9 Å². The Morgan fingerprint density at radius 1 is 0.671 bits per heavy atom. The molecule has 6 amide bonds. The molecule has 1 aromatic carbocycles. The molecule has 3 aromatic rings. The second kappa shape index (κ2) is 39.2. The van der Waals surface area contributed by atoms with E-state index in [4.69, 9.17) is 38.1 Å². The summed E-state index contributed by atoms with van der Waals surface area (Å²) in [6.45, 7) is 4.92. The van der Waals surface area contributed by atoms with E-state index in [2.05, 4.69) is 52.2 Å². The number of benzene rings is 1. The van der Waals surface area contributed by atoms with Gasteiger partial charge in [0.25, 0.3) is 5.91 Å². The van der Waals surface area contributed by atoms with Crippen LogP contribution in [0.15, 0.2) is 29.1 Å². The molecule has 0 aliphatic heterocycles. The Morgan fingerprint density at radius 2 is 1.19 bits per heavy atom. The van der Waals surface area contributed by atoms with Crippen molar-refractivity contribution in [2.45, 2.75) is 160 Å². The lowest BCUT2D eigenvalue weighted by atomic mass is 10.0. The molecular weight excluding hydrogens is 1130 g/mol. The van der Waals surface area contributed by atoms with Crippen LogP contribution in [-0.2, 0) is 54.4 Å². The van der Waals surface area contributed by atoms with Gasteiger partial charge in [0.2, 0.25) is 35.5 Å². The number of aromatic nitrogens is 4. The smallest absolute Gasteiger partial charge is 0.328 e. The topological polar surface area (TPSA) is 490 Å². The van der Waals surface area contributed by atoms with E-state index in [1.165, 1.54) is 18.4 Å². The number of hydrogen-bond donors (Lipinski definition) is 15. The largest absolute Gasteiger partial charge is 0.480 e. The quantitative estimate of drug-likeness (QED) is 0.0222. The molecule has 31 heteroatoms. The first-order chi connectivity index (χ1) is 40.7. The number of nitrogen functional groups attached to an aromatic ring is 1. The first-order valence-electron chi connectivity index (χ1n) is 28.6. The summed E-state index contributed by atoms with van der Waals surface area (Å²) in [6.07, 6.45) is 4.03. The number of carboxylic acid groups (broad SMARTS) is 1. The number of aliphatic hydroxyl groups is 1. The summed E-state index contributed by atoms with van der Waals surface area (Å²) in [4.78, 5) is 142. The summed E-state index contributed by atoms with van der Waals surface area (Å²) < 4.78 is 11.5. The van der Waals surface area contributed by atoms with Crippen molar-refractivity contribution in [3.8, 4) is 0 Å². The van der Waals surface area contributed by atoms with E-state index < -0.39 is 108 Å². The molecule has 2 aromatic heterocycles. The Bertz CT molecular complexity index is 2700. The highest BCUT2D eigenvalue weighted by Gasteiger charge is 2.33. The number of aliphatic hydroxyl groups excluding tert-OH is 1. The summed E-state index contributed by atoms with van der Waals surface area (Å²) in [5.74, 6) is -6.74. The number of anilines is 2. The number of aromatic amines is 1. The Labute approximate surface area is 497 Å². The van der Waals surface area contributed by atoms with Gasteiger partial charge in [0.1, 0.15) is 48.4 Å². The predicted octanol–water partition coefficient (Wildman–Crippen LogP) is -1.69. The second-order valence-electron chi connectivity index (χ2n) is 20.2. The van der Waals surface area contributed by atoms with Gasteiger partial charge >= 0.3 is 23.6 Å². The number of thioether (sulfide) groups is 1. The summed E-state index contributed by atoms with van der Waals surface area (Å²) in [5, 5.41) is 38.9. The number of nitrogens with two attached hydrogens (primary N) is 5. The Morgan fingerprint density at radius 3 is 1.69 bits per heavy atom. The van der Waals surface area contributed by atoms with Crippen LogP contribution in [0.25, 0.3) is 11.2 Å². The van der Waals surface area contributed by atoms with Crippen molar-refractivity contribution in [2.75, 3.05) is 68.5 Å². The summed E-state index contributed by atoms with van der Waals surface area (Å²) >= 11 is 1.09. The number of unbranched alkanes of at least 4 members (excludes halogenated alkanes) is 5. The van der Waals surface area contributed by atoms with Crippen molar-refractivity contribution < 1.29 is 62.8 Å². The monoisotopic (exact) mass is 1220 g/mol. The van der Waals surface area contributed by atoms with Crippen molar-refractivity contribution >= 4 is 88.0 Å². The molecule has 30 nitrogen and oxygen atoms in total. The van der Waals surface area contributed by atoms with Gasteiger partial charge in [-0.15, -0.1) is 0 Å². The minimum absolute atomic E-state index is 0.0105. The lowest BCUT2D eigenvalue weighted by Gasteiger charge is -2.27. The molecule has 0 saturated heterocycles. The van der Waals surface area contributed by atoms with Crippen LogP contribution in [0.4, 0.5) is 11.8 Å². The van der Waals surface area contributed by atoms with Crippen LogP contribution in [0.2, 0.25) is 0 Å². The molecule has 0 saturated carbocycles. The average Bonchev–Trinajstić information content (AvgIpc) is 2.14. The minimum Gasteiger partial charge on any atom is -0.480 e. The van der Waals surface area contributed by atoms with Gasteiger partial charge < -0.3 is 90.6 Å². The fourth-order valence-corrected chi connectivity index (χ4v) is 9.41. The van der Waals surface area contributed by atoms with Crippen LogP contribution in [0.5, 0.6) is 0 Å². The number of nitrogens with one attached hydrogen (secondary N) is 8. The Balaban J connectivity index is 1.80. The van der Waals surface area contributed by atoms with E-state index in [9.17, 15) is 58.2 Å². The highest BCUT2D eigenvalue weighted by molar-refractivity contribution is 7.99. The van der Waals surface area contributed by atoms with Crippen LogP contribution >= 0.6 is 11.8 Å². The fraction of sp³-hybridized carbons (Fsp3) is 0.630. The van der Waals surface area contributed by atoms with Gasteiger partial charge in [-0.25, -0.2) is 9.59 Å². The SMILES string of the molecule is CCCCNc1nc(N)c2[nH]c(=O)n(Cc3ccc(C(=O)NCCCC[C@H](NC(=O)[C@H](CCCCN)NC(=O)[C@H](CO)NC(=O)[C@@H](N)CSCC(COC(C)=O)OC(C)=O)C(=O)N[C@@H](CCCCN)C(=O)N[C@@H](CCCCN)C(=O)O)cc3)c2n1. The highest BCUT2D eigenvalue weighted by atomic mass is 32.2. The van der Waals surface area contributed by atoms with Gasteiger partial charge in [-0.1, -0.05) is 25.5 Å². The molecule has 7 atom stereocenters. The molecule has 2 heterocycles. The number of aliphatic carboxylic acids is 1. The number of hydrogen-bond acceptors (Lipinski definition) is 22. The molecule has 3 rings (SSSR count). The standard InChI is InChI=1S/C54H88N16O14S/c1-4-5-25-61-53-68-44(59)43-45(69-53)70(54(82)67-43)27-34-18-20-35(21-19-34)46(74)60-26-13-9-16-40(49(77)62-39(15-7-11-23-56)50(78)65-41(52(80)81)17-8-12-24-57)63-48(76)38(14-6-10-22-55)64-51(79)42(28-71)66-47(75)37(58)31-85-30-36(84-33(3)73)29-83-32(2)72/h18-21,36-42,71H,4-17,22-31,55-58H2,1-3H3,(H,60,74)(H,62,77)(H,63,76)(H,64,79)(H,65,78)(H,66,75)(H,67,82)(H,80,81)(H3,59,61,68,69)/t36?,37-,38-,39-,40-,41-,42-/m0/s1. The number of H-pyrrole nitrogens is 1. The lowest BCUT2D eigenvalue weighted by molar-refractivity contribution is -0.154. The van der Waals surface area contributed by atoms with Crippen LogP contribution in [-0.4, -0.2) is 183 Å². The molecule has 0 bridgehead atoms. The van der Waals surface area contributed by atoms with Crippen LogP contribution < -0.4 is 71.6 Å². The van der Waals surface area contributed by atoms with Crippen LogP contribution in [0, 0.1) is 0 Å². The molecule has 85 heavy (non-hydrogen) atoms. The van der Waals surface area contributed by atoms with Crippen molar-refractivity contribution in [3.63, 3.8) is 0 Å². The van der Waals surface area contributed by atoms with E-state index in [-0.39, 0.29) is 94.6 Å². The third-order valence-electron chi connectivity index (χ3n) is 13.1. The first kappa shape index (κ1) is 71.8. The molecule has 0 fully saturated rings. The maximum absolute atomic E-state index is 14.4. The number of rotatable bonds is 43. The summed E-state index contributed by atoms with van der Waals surface area (Å²) in [5.41, 5.74) is 30.5. The van der Waals surface area contributed by atoms with Crippen molar-refractivity contribution in [1.29, 1.82) is 0 Å². The molecule has 474 valence electrons. The number of carbonyl (C=O) groups excluding carboxylic acids is 8. The molecule has 0 aliphatic rings. The number of amides is 6. The Kier molecular flexibility index (Phi) is 33.1. The maximum atomic E-state index is 14.4. The number of ether oxygens (including phenoxy) is 2. The molecule has 0 spiro atoms. The summed E-state index contributed by atoms with van der Waals surface area (Å²) in [7, 11) is 0. The number of imidazole rings is 1. The van der Waals surface area contributed by atoms with E-state index in [0.29, 0.717) is 73.9 Å². The number of fused-ring (bicyclic) bond motifs is 1.